The Morgan fingerprint density at radius 3 is 2.88 bits per heavy atom. The first-order valence-electron chi connectivity index (χ1n) is 6.11. The van der Waals surface area contributed by atoms with Crippen LogP contribution in [-0.2, 0) is 9.53 Å². The van der Waals surface area contributed by atoms with E-state index in [1.807, 2.05) is 13.0 Å². The van der Waals surface area contributed by atoms with Gasteiger partial charge in [-0.1, -0.05) is 13.0 Å². The predicted molar refractivity (Wildman–Crippen MR) is 65.2 cm³/mol. The van der Waals surface area contributed by atoms with Gasteiger partial charge in [-0.2, -0.15) is 0 Å². The second-order valence-corrected chi connectivity index (χ2v) is 4.72. The largest absolute Gasteiger partial charge is 0.466 e. The van der Waals surface area contributed by atoms with Crippen molar-refractivity contribution < 1.29 is 9.53 Å². The Morgan fingerprint density at radius 1 is 1.44 bits per heavy atom. The van der Waals surface area contributed by atoms with Crippen molar-refractivity contribution in [1.29, 1.82) is 0 Å². The highest BCUT2D eigenvalue weighted by molar-refractivity contribution is 5.87. The number of rotatable bonds is 3. The molecule has 1 fully saturated rings. The summed E-state index contributed by atoms with van der Waals surface area (Å²) in [6.45, 7) is 7.29. The molecule has 0 radical (unpaired) electrons. The van der Waals surface area contributed by atoms with Gasteiger partial charge in [-0.05, 0) is 45.2 Å². The van der Waals surface area contributed by atoms with E-state index in [1.54, 1.807) is 0 Å². The number of methoxy groups -OCH3 is 1. The van der Waals surface area contributed by atoms with Crippen molar-refractivity contribution in [2.75, 3.05) is 26.7 Å². The standard InChI is InChI=1S/C13H23NO2/c1-11-5-4-8-14(9-6-11)10-7-12(2)13(15)16-3/h7,11H,4-6,8-10H2,1-3H3. The maximum absolute atomic E-state index is 11.2. The van der Waals surface area contributed by atoms with Gasteiger partial charge in [-0.15, -0.1) is 0 Å². The zero-order valence-electron chi connectivity index (χ0n) is 10.7. The molecule has 3 heteroatoms. The van der Waals surface area contributed by atoms with Crippen molar-refractivity contribution in [1.82, 2.24) is 4.90 Å². The minimum atomic E-state index is -0.219. The fourth-order valence-corrected chi connectivity index (χ4v) is 2.02. The first kappa shape index (κ1) is 13.2. The Balaban J connectivity index is 2.39. The van der Waals surface area contributed by atoms with Gasteiger partial charge >= 0.3 is 5.97 Å². The van der Waals surface area contributed by atoms with Crippen LogP contribution in [-0.4, -0.2) is 37.6 Å². The Labute approximate surface area is 98.5 Å². The molecular formula is C13H23NO2. The quantitative estimate of drug-likeness (QED) is 0.545. The van der Waals surface area contributed by atoms with E-state index >= 15 is 0 Å². The van der Waals surface area contributed by atoms with Crippen LogP contribution in [0.2, 0.25) is 0 Å². The zero-order chi connectivity index (χ0) is 12.0. The Kier molecular flexibility index (Phi) is 5.53. The maximum atomic E-state index is 11.2. The van der Waals surface area contributed by atoms with Crippen LogP contribution < -0.4 is 0 Å². The molecule has 0 N–H and O–H groups in total. The molecule has 1 heterocycles. The van der Waals surface area contributed by atoms with Crippen LogP contribution in [0.5, 0.6) is 0 Å². The number of hydrogen-bond acceptors (Lipinski definition) is 3. The van der Waals surface area contributed by atoms with E-state index in [4.69, 9.17) is 0 Å². The number of nitrogens with zero attached hydrogens (tertiary/aromatic N) is 1. The molecule has 0 aromatic heterocycles. The monoisotopic (exact) mass is 225 g/mol. The third-order valence-corrected chi connectivity index (χ3v) is 3.27. The van der Waals surface area contributed by atoms with E-state index < -0.39 is 0 Å². The molecule has 0 spiro atoms. The van der Waals surface area contributed by atoms with Crippen LogP contribution in [0.3, 0.4) is 0 Å². The molecule has 0 aliphatic carbocycles. The number of carbonyl (C=O) groups excluding carboxylic acids is 1. The average Bonchev–Trinajstić information content (AvgIpc) is 2.50. The molecule has 0 amide bonds. The smallest absolute Gasteiger partial charge is 0.333 e. The summed E-state index contributed by atoms with van der Waals surface area (Å²) in [6, 6.07) is 0. The molecule has 1 atom stereocenters. The highest BCUT2D eigenvalue weighted by Crippen LogP contribution is 2.16. The van der Waals surface area contributed by atoms with Crippen molar-refractivity contribution in [3.8, 4) is 0 Å². The number of likely N-dealkylation sites (tertiary alicyclic amines) is 1. The summed E-state index contributed by atoms with van der Waals surface area (Å²) >= 11 is 0. The van der Waals surface area contributed by atoms with Crippen molar-refractivity contribution in [2.24, 2.45) is 5.92 Å². The van der Waals surface area contributed by atoms with Crippen LogP contribution in [0.1, 0.15) is 33.1 Å². The number of esters is 1. The van der Waals surface area contributed by atoms with Crippen LogP contribution in [0.4, 0.5) is 0 Å². The first-order chi connectivity index (χ1) is 7.63. The van der Waals surface area contributed by atoms with Gasteiger partial charge in [0.05, 0.1) is 7.11 Å². The molecule has 1 aliphatic rings. The second-order valence-electron chi connectivity index (χ2n) is 4.72. The molecule has 1 saturated heterocycles. The maximum Gasteiger partial charge on any atom is 0.333 e. The van der Waals surface area contributed by atoms with Crippen molar-refractivity contribution in [3.63, 3.8) is 0 Å². The van der Waals surface area contributed by atoms with Crippen molar-refractivity contribution in [2.45, 2.75) is 33.1 Å². The molecule has 1 unspecified atom stereocenters. The fraction of sp³-hybridized carbons (Fsp3) is 0.769. The topological polar surface area (TPSA) is 29.5 Å². The zero-order valence-corrected chi connectivity index (χ0v) is 10.7. The summed E-state index contributed by atoms with van der Waals surface area (Å²) in [5, 5.41) is 0. The average molecular weight is 225 g/mol. The molecule has 0 bridgehead atoms. The molecule has 0 saturated carbocycles. The number of hydrogen-bond donors (Lipinski definition) is 0. The molecule has 16 heavy (non-hydrogen) atoms. The second kappa shape index (κ2) is 6.69. The Bertz CT molecular complexity index is 261. The lowest BCUT2D eigenvalue weighted by molar-refractivity contribution is -0.136. The van der Waals surface area contributed by atoms with Gasteiger partial charge in [-0.25, -0.2) is 4.79 Å². The van der Waals surface area contributed by atoms with Gasteiger partial charge in [0.1, 0.15) is 0 Å². The highest BCUT2D eigenvalue weighted by atomic mass is 16.5. The lowest BCUT2D eigenvalue weighted by atomic mass is 10.0. The predicted octanol–water partition coefficient (Wildman–Crippen LogP) is 2.23. The van der Waals surface area contributed by atoms with Gasteiger partial charge in [-0.3, -0.25) is 4.90 Å². The van der Waals surface area contributed by atoms with Crippen molar-refractivity contribution in [3.05, 3.63) is 11.6 Å². The minimum Gasteiger partial charge on any atom is -0.466 e. The van der Waals surface area contributed by atoms with Gasteiger partial charge in [0.2, 0.25) is 0 Å². The summed E-state index contributed by atoms with van der Waals surface area (Å²) in [5.41, 5.74) is 0.708. The lowest BCUT2D eigenvalue weighted by Gasteiger charge is -2.17. The van der Waals surface area contributed by atoms with Gasteiger partial charge < -0.3 is 4.74 Å². The SMILES string of the molecule is COC(=O)C(C)=CCN1CCCC(C)CC1. The third-order valence-electron chi connectivity index (χ3n) is 3.27. The van der Waals surface area contributed by atoms with Crippen LogP contribution in [0.15, 0.2) is 11.6 Å². The Morgan fingerprint density at radius 2 is 2.19 bits per heavy atom. The van der Waals surface area contributed by atoms with Crippen molar-refractivity contribution >= 4 is 5.97 Å². The molecular weight excluding hydrogens is 202 g/mol. The van der Waals surface area contributed by atoms with E-state index in [9.17, 15) is 4.79 Å². The fourth-order valence-electron chi connectivity index (χ4n) is 2.02. The first-order valence-corrected chi connectivity index (χ1v) is 6.11. The van der Waals surface area contributed by atoms with E-state index in [2.05, 4.69) is 16.6 Å². The summed E-state index contributed by atoms with van der Waals surface area (Å²) in [7, 11) is 1.42. The third kappa shape index (κ3) is 4.35. The number of ether oxygens (including phenoxy) is 1. The number of carbonyl (C=O) groups is 1. The molecule has 1 aliphatic heterocycles. The van der Waals surface area contributed by atoms with Crippen LogP contribution in [0, 0.1) is 5.92 Å². The summed E-state index contributed by atoms with van der Waals surface area (Å²) < 4.78 is 4.67. The molecule has 0 aromatic rings. The minimum absolute atomic E-state index is 0.219. The van der Waals surface area contributed by atoms with E-state index in [0.29, 0.717) is 5.57 Å². The van der Waals surface area contributed by atoms with Gasteiger partial charge in [0.15, 0.2) is 0 Å². The summed E-state index contributed by atoms with van der Waals surface area (Å²) in [5.74, 6) is 0.624. The van der Waals surface area contributed by atoms with E-state index in [1.165, 1.54) is 26.4 Å². The summed E-state index contributed by atoms with van der Waals surface area (Å²) in [4.78, 5) is 13.6. The van der Waals surface area contributed by atoms with Gasteiger partial charge in [0.25, 0.3) is 0 Å². The molecule has 3 nitrogen and oxygen atoms in total. The van der Waals surface area contributed by atoms with Crippen LogP contribution in [0.25, 0.3) is 0 Å². The van der Waals surface area contributed by atoms with E-state index in [0.717, 1.165) is 25.6 Å². The molecule has 1 rings (SSSR count). The van der Waals surface area contributed by atoms with E-state index in [-0.39, 0.29) is 5.97 Å². The molecule has 92 valence electrons. The normalized spacial score (nSPS) is 23.9. The summed E-state index contributed by atoms with van der Waals surface area (Å²) in [6.07, 6.45) is 5.84. The Hall–Kier alpha value is -0.830. The lowest BCUT2D eigenvalue weighted by Crippen LogP contribution is -2.25. The molecule has 0 aromatic carbocycles. The van der Waals surface area contributed by atoms with Crippen LogP contribution >= 0.6 is 0 Å². The van der Waals surface area contributed by atoms with Gasteiger partial charge in [0, 0.05) is 12.1 Å². The highest BCUT2D eigenvalue weighted by Gasteiger charge is 2.13.